The van der Waals surface area contributed by atoms with Crippen LogP contribution in [0.2, 0.25) is 0 Å². The first-order valence-electron chi connectivity index (χ1n) is 10.5. The first-order valence-corrected chi connectivity index (χ1v) is 10.5. The fourth-order valence-electron chi connectivity index (χ4n) is 3.46. The molecule has 0 spiro atoms. The Bertz CT molecular complexity index is 750. The Morgan fingerprint density at radius 3 is 2.14 bits per heavy atom. The summed E-state index contributed by atoms with van der Waals surface area (Å²) in [5.74, 6) is 1.57. The van der Waals surface area contributed by atoms with Gasteiger partial charge >= 0.3 is 6.03 Å². The third kappa shape index (κ3) is 6.41. The number of amides is 2. The SMILES string of the molecule is CCOc1cc(C(C)N(CCCCc2ccccc2)C(N)=O)cc(OCC)c1C. The van der Waals surface area contributed by atoms with Crippen LogP contribution in [0.25, 0.3) is 0 Å². The predicted octanol–water partition coefficient (Wildman–Crippen LogP) is 5.26. The molecule has 2 aromatic carbocycles. The average Bonchev–Trinajstić information content (AvgIpc) is 2.71. The number of urea groups is 1. The predicted molar refractivity (Wildman–Crippen MR) is 118 cm³/mol. The van der Waals surface area contributed by atoms with Crippen molar-refractivity contribution >= 4 is 6.03 Å². The Morgan fingerprint density at radius 2 is 1.62 bits per heavy atom. The highest BCUT2D eigenvalue weighted by molar-refractivity contribution is 5.72. The maximum Gasteiger partial charge on any atom is 0.315 e. The van der Waals surface area contributed by atoms with E-state index >= 15 is 0 Å². The van der Waals surface area contributed by atoms with Gasteiger partial charge in [0.2, 0.25) is 0 Å². The summed E-state index contributed by atoms with van der Waals surface area (Å²) in [6, 6.07) is 13.8. The Morgan fingerprint density at radius 1 is 1.03 bits per heavy atom. The average molecular weight is 399 g/mol. The largest absolute Gasteiger partial charge is 0.493 e. The van der Waals surface area contributed by atoms with Gasteiger partial charge in [0.1, 0.15) is 11.5 Å². The summed E-state index contributed by atoms with van der Waals surface area (Å²) < 4.78 is 11.6. The fourth-order valence-corrected chi connectivity index (χ4v) is 3.46. The van der Waals surface area contributed by atoms with E-state index in [9.17, 15) is 4.79 Å². The zero-order valence-corrected chi connectivity index (χ0v) is 18.1. The Hall–Kier alpha value is -2.69. The van der Waals surface area contributed by atoms with E-state index in [1.54, 1.807) is 4.90 Å². The molecule has 29 heavy (non-hydrogen) atoms. The fraction of sp³-hybridized carbons (Fsp3) is 0.458. The molecule has 1 atom stereocenters. The highest BCUT2D eigenvalue weighted by Gasteiger charge is 2.21. The van der Waals surface area contributed by atoms with E-state index in [4.69, 9.17) is 15.2 Å². The van der Waals surface area contributed by atoms with Crippen LogP contribution in [-0.2, 0) is 6.42 Å². The minimum absolute atomic E-state index is 0.164. The summed E-state index contributed by atoms with van der Waals surface area (Å²) in [6.07, 6.45) is 2.89. The molecule has 0 aromatic heterocycles. The number of unbranched alkanes of at least 4 members (excludes halogenated alkanes) is 1. The van der Waals surface area contributed by atoms with Crippen LogP contribution < -0.4 is 15.2 Å². The van der Waals surface area contributed by atoms with Crippen molar-refractivity contribution in [2.45, 2.75) is 53.0 Å². The summed E-state index contributed by atoms with van der Waals surface area (Å²) in [5, 5.41) is 0. The van der Waals surface area contributed by atoms with E-state index in [0.717, 1.165) is 41.9 Å². The van der Waals surface area contributed by atoms with Gasteiger partial charge in [-0.05, 0) is 70.2 Å². The van der Waals surface area contributed by atoms with Crippen LogP contribution in [0.15, 0.2) is 42.5 Å². The van der Waals surface area contributed by atoms with E-state index in [1.165, 1.54) is 5.56 Å². The number of carbonyl (C=O) groups is 1. The lowest BCUT2D eigenvalue weighted by Crippen LogP contribution is -2.38. The van der Waals surface area contributed by atoms with Gasteiger partial charge < -0.3 is 20.1 Å². The normalized spacial score (nSPS) is 11.7. The van der Waals surface area contributed by atoms with Crippen LogP contribution in [-0.4, -0.2) is 30.7 Å². The van der Waals surface area contributed by atoms with Gasteiger partial charge in [0, 0.05) is 12.1 Å². The highest BCUT2D eigenvalue weighted by atomic mass is 16.5. The summed E-state index contributed by atoms with van der Waals surface area (Å²) >= 11 is 0. The third-order valence-corrected chi connectivity index (χ3v) is 5.12. The number of aryl methyl sites for hydroxylation is 1. The Labute approximate surface area is 174 Å². The first-order chi connectivity index (χ1) is 14.0. The lowest BCUT2D eigenvalue weighted by molar-refractivity contribution is 0.187. The van der Waals surface area contributed by atoms with Crippen molar-refractivity contribution < 1.29 is 14.3 Å². The van der Waals surface area contributed by atoms with Gasteiger partial charge in [-0.25, -0.2) is 4.79 Å². The standard InChI is InChI=1S/C24H34N2O3/c1-5-28-22-16-21(17-23(18(22)3)29-6-2)19(4)26(24(25)27)15-11-10-14-20-12-8-7-9-13-20/h7-9,12-13,16-17,19H,5-6,10-11,14-15H2,1-4H3,(H2,25,27). The van der Waals surface area contributed by atoms with Gasteiger partial charge in [0.25, 0.3) is 0 Å². The number of hydrogen-bond donors (Lipinski definition) is 1. The molecule has 0 saturated heterocycles. The minimum Gasteiger partial charge on any atom is -0.493 e. The van der Waals surface area contributed by atoms with Crippen LogP contribution in [0.4, 0.5) is 4.79 Å². The highest BCUT2D eigenvalue weighted by Crippen LogP contribution is 2.34. The molecule has 2 rings (SSSR count). The number of ether oxygens (including phenoxy) is 2. The van der Waals surface area contributed by atoms with Crippen LogP contribution in [0.1, 0.15) is 56.3 Å². The monoisotopic (exact) mass is 398 g/mol. The number of rotatable bonds is 11. The number of carbonyl (C=O) groups excluding carboxylic acids is 1. The topological polar surface area (TPSA) is 64.8 Å². The third-order valence-electron chi connectivity index (χ3n) is 5.12. The molecule has 1 unspecified atom stereocenters. The number of primary amides is 1. The maximum absolute atomic E-state index is 12.2. The molecular formula is C24H34N2O3. The molecule has 2 amide bonds. The van der Waals surface area contributed by atoms with Crippen molar-refractivity contribution in [2.24, 2.45) is 5.73 Å². The van der Waals surface area contributed by atoms with Crippen molar-refractivity contribution in [3.63, 3.8) is 0 Å². The van der Waals surface area contributed by atoms with Gasteiger partial charge in [-0.2, -0.15) is 0 Å². The summed E-state index contributed by atoms with van der Waals surface area (Å²) in [5.41, 5.74) is 8.96. The molecule has 0 fully saturated rings. The number of nitrogens with two attached hydrogens (primary N) is 1. The molecule has 0 aliphatic rings. The van der Waals surface area contributed by atoms with Crippen LogP contribution in [0.3, 0.4) is 0 Å². The van der Waals surface area contributed by atoms with Gasteiger partial charge in [-0.15, -0.1) is 0 Å². The van der Waals surface area contributed by atoms with Crippen molar-refractivity contribution in [2.75, 3.05) is 19.8 Å². The van der Waals surface area contributed by atoms with E-state index in [2.05, 4.69) is 24.3 Å². The summed E-state index contributed by atoms with van der Waals surface area (Å²) in [4.78, 5) is 13.9. The van der Waals surface area contributed by atoms with Crippen LogP contribution in [0, 0.1) is 6.92 Å². The molecule has 0 heterocycles. The van der Waals surface area contributed by atoms with Crippen molar-refractivity contribution in [1.29, 1.82) is 0 Å². The minimum atomic E-state index is -0.409. The van der Waals surface area contributed by atoms with Gasteiger partial charge in [-0.1, -0.05) is 30.3 Å². The second kappa shape index (κ2) is 11.3. The molecule has 0 aliphatic heterocycles. The molecule has 158 valence electrons. The maximum atomic E-state index is 12.2. The van der Waals surface area contributed by atoms with Crippen LogP contribution >= 0.6 is 0 Å². The summed E-state index contributed by atoms with van der Waals surface area (Å²) in [6.45, 7) is 9.66. The number of nitrogens with zero attached hydrogens (tertiary/aromatic N) is 1. The Balaban J connectivity index is 2.10. The molecule has 0 bridgehead atoms. The van der Waals surface area contributed by atoms with Crippen molar-refractivity contribution in [1.82, 2.24) is 4.90 Å². The first kappa shape index (κ1) is 22.6. The van der Waals surface area contributed by atoms with Gasteiger partial charge in [0.05, 0.1) is 19.3 Å². The van der Waals surface area contributed by atoms with Crippen LogP contribution in [0.5, 0.6) is 11.5 Å². The smallest absolute Gasteiger partial charge is 0.315 e. The molecular weight excluding hydrogens is 364 g/mol. The van der Waals surface area contributed by atoms with Crippen molar-refractivity contribution in [3.05, 3.63) is 59.2 Å². The number of benzene rings is 2. The zero-order valence-electron chi connectivity index (χ0n) is 18.1. The molecule has 0 aliphatic carbocycles. The summed E-state index contributed by atoms with van der Waals surface area (Å²) in [7, 11) is 0. The Kier molecular flexibility index (Phi) is 8.84. The van der Waals surface area contributed by atoms with E-state index < -0.39 is 6.03 Å². The lowest BCUT2D eigenvalue weighted by atomic mass is 10.0. The molecule has 5 heteroatoms. The second-order valence-corrected chi connectivity index (χ2v) is 7.16. The van der Waals surface area contributed by atoms with Gasteiger partial charge in [-0.3, -0.25) is 0 Å². The van der Waals surface area contributed by atoms with E-state index in [1.807, 2.05) is 45.9 Å². The molecule has 0 radical (unpaired) electrons. The zero-order chi connectivity index (χ0) is 21.2. The molecule has 0 saturated carbocycles. The van der Waals surface area contributed by atoms with Crippen molar-refractivity contribution in [3.8, 4) is 11.5 Å². The second-order valence-electron chi connectivity index (χ2n) is 7.16. The van der Waals surface area contributed by atoms with E-state index in [-0.39, 0.29) is 6.04 Å². The number of hydrogen-bond acceptors (Lipinski definition) is 3. The molecule has 5 nitrogen and oxygen atoms in total. The molecule has 2 N–H and O–H groups in total. The lowest BCUT2D eigenvalue weighted by Gasteiger charge is -2.29. The van der Waals surface area contributed by atoms with E-state index in [0.29, 0.717) is 19.8 Å². The molecule has 2 aromatic rings. The van der Waals surface area contributed by atoms with Gasteiger partial charge in [0.15, 0.2) is 0 Å². The quantitative estimate of drug-likeness (QED) is 0.525.